The van der Waals surface area contributed by atoms with E-state index in [1.807, 2.05) is 42.3 Å². The zero-order chi connectivity index (χ0) is 13.8. The lowest BCUT2D eigenvalue weighted by Gasteiger charge is -1.97. The third-order valence-electron chi connectivity index (χ3n) is 3.15. The number of rotatable bonds is 5. The summed E-state index contributed by atoms with van der Waals surface area (Å²) in [6.45, 7) is 1.47. The van der Waals surface area contributed by atoms with Crippen LogP contribution in [-0.2, 0) is 13.1 Å². The fraction of sp³-hybridized carbons (Fsp3) is 0.188. The minimum atomic E-state index is 0.649. The predicted octanol–water partition coefficient (Wildman–Crippen LogP) is 2.91. The molecule has 1 N–H and O–H groups in total. The first kappa shape index (κ1) is 12.7. The minimum Gasteiger partial charge on any atom is -0.467 e. The smallest absolute Gasteiger partial charge is 0.125 e. The zero-order valence-electron chi connectivity index (χ0n) is 11.4. The Morgan fingerprint density at radius 3 is 2.85 bits per heavy atom. The summed E-state index contributed by atoms with van der Waals surface area (Å²) < 4.78 is 7.43. The first-order valence-electron chi connectivity index (χ1n) is 6.64. The second kappa shape index (κ2) is 5.75. The summed E-state index contributed by atoms with van der Waals surface area (Å²) in [5.41, 5.74) is 3.44. The van der Waals surface area contributed by atoms with Crippen LogP contribution >= 0.6 is 0 Å². The molecule has 0 atom stereocenters. The molecule has 102 valence electrons. The normalized spacial score (nSPS) is 10.8. The number of nitrogens with one attached hydrogen (secondary N) is 1. The molecule has 0 aliphatic heterocycles. The van der Waals surface area contributed by atoms with Crippen molar-refractivity contribution in [1.29, 1.82) is 0 Å². The Morgan fingerprint density at radius 2 is 2.05 bits per heavy atom. The average molecular weight is 267 g/mol. The van der Waals surface area contributed by atoms with Gasteiger partial charge in [0.1, 0.15) is 5.76 Å². The van der Waals surface area contributed by atoms with E-state index < -0.39 is 0 Å². The number of hydrogen-bond donors (Lipinski definition) is 1. The Morgan fingerprint density at radius 1 is 1.20 bits per heavy atom. The van der Waals surface area contributed by atoms with Gasteiger partial charge in [0.15, 0.2) is 0 Å². The molecule has 3 aromatic rings. The second-order valence-corrected chi connectivity index (χ2v) is 4.74. The van der Waals surface area contributed by atoms with Crippen molar-refractivity contribution in [2.45, 2.75) is 13.1 Å². The maximum Gasteiger partial charge on any atom is 0.125 e. The van der Waals surface area contributed by atoms with Crippen LogP contribution in [0.15, 0.2) is 59.5 Å². The van der Waals surface area contributed by atoms with Gasteiger partial charge in [-0.1, -0.05) is 30.3 Å². The van der Waals surface area contributed by atoms with E-state index in [2.05, 4.69) is 28.6 Å². The monoisotopic (exact) mass is 267 g/mol. The van der Waals surface area contributed by atoms with Crippen LogP contribution in [0.4, 0.5) is 0 Å². The van der Waals surface area contributed by atoms with Crippen LogP contribution in [0.2, 0.25) is 0 Å². The van der Waals surface area contributed by atoms with Gasteiger partial charge in [0.05, 0.1) is 19.0 Å². The number of benzene rings is 1. The van der Waals surface area contributed by atoms with Crippen LogP contribution in [0.3, 0.4) is 0 Å². The molecule has 0 unspecified atom stereocenters. The topological polar surface area (TPSA) is 43.0 Å². The molecule has 0 amide bonds. The zero-order valence-corrected chi connectivity index (χ0v) is 11.4. The van der Waals surface area contributed by atoms with Gasteiger partial charge < -0.3 is 9.73 Å². The summed E-state index contributed by atoms with van der Waals surface area (Å²) in [6.07, 6.45) is 5.70. The van der Waals surface area contributed by atoms with Gasteiger partial charge in [0.25, 0.3) is 0 Å². The molecule has 2 heterocycles. The van der Waals surface area contributed by atoms with Crippen LogP contribution in [0, 0.1) is 0 Å². The third kappa shape index (κ3) is 2.81. The summed E-state index contributed by atoms with van der Waals surface area (Å²) in [5.74, 6) is 0.915. The van der Waals surface area contributed by atoms with Crippen LogP contribution < -0.4 is 5.32 Å². The highest BCUT2D eigenvalue weighted by molar-refractivity contribution is 5.61. The molecule has 0 fully saturated rings. The van der Waals surface area contributed by atoms with Crippen molar-refractivity contribution < 1.29 is 4.42 Å². The van der Waals surface area contributed by atoms with E-state index in [1.165, 1.54) is 5.56 Å². The van der Waals surface area contributed by atoms with Crippen molar-refractivity contribution in [2.75, 3.05) is 7.05 Å². The fourth-order valence-electron chi connectivity index (χ4n) is 2.20. The van der Waals surface area contributed by atoms with Crippen molar-refractivity contribution in [3.8, 4) is 11.1 Å². The van der Waals surface area contributed by atoms with Crippen molar-refractivity contribution in [2.24, 2.45) is 0 Å². The minimum absolute atomic E-state index is 0.649. The molecule has 3 rings (SSSR count). The number of furan rings is 1. The lowest BCUT2D eigenvalue weighted by molar-refractivity contribution is 0.478. The van der Waals surface area contributed by atoms with E-state index in [0.29, 0.717) is 6.54 Å². The molecule has 2 aromatic heterocycles. The van der Waals surface area contributed by atoms with Gasteiger partial charge in [0, 0.05) is 23.9 Å². The van der Waals surface area contributed by atoms with E-state index in [9.17, 15) is 0 Å². The van der Waals surface area contributed by atoms with E-state index in [4.69, 9.17) is 4.42 Å². The van der Waals surface area contributed by atoms with Gasteiger partial charge in [0.2, 0.25) is 0 Å². The van der Waals surface area contributed by atoms with E-state index in [1.54, 1.807) is 6.26 Å². The Balaban J connectivity index is 1.73. The van der Waals surface area contributed by atoms with Gasteiger partial charge in [-0.25, -0.2) is 0 Å². The Hall–Kier alpha value is -2.33. The lowest BCUT2D eigenvalue weighted by atomic mass is 10.1. The molecule has 0 bridgehead atoms. The van der Waals surface area contributed by atoms with Gasteiger partial charge in [-0.2, -0.15) is 5.10 Å². The largest absolute Gasteiger partial charge is 0.467 e. The maximum atomic E-state index is 5.54. The molecule has 0 saturated carbocycles. The van der Waals surface area contributed by atoms with Crippen LogP contribution in [0.5, 0.6) is 0 Å². The first-order chi connectivity index (χ1) is 9.85. The molecule has 0 aliphatic carbocycles. The molecule has 1 aromatic carbocycles. The van der Waals surface area contributed by atoms with Crippen molar-refractivity contribution >= 4 is 0 Å². The van der Waals surface area contributed by atoms with E-state index in [-0.39, 0.29) is 0 Å². The van der Waals surface area contributed by atoms with Gasteiger partial charge in [-0.05, 0) is 18.7 Å². The molecule has 20 heavy (non-hydrogen) atoms. The summed E-state index contributed by atoms with van der Waals surface area (Å²) in [4.78, 5) is 0. The Bertz CT molecular complexity index is 670. The van der Waals surface area contributed by atoms with Crippen molar-refractivity contribution in [3.05, 3.63) is 66.4 Å². The molecule has 4 nitrogen and oxygen atoms in total. The maximum absolute atomic E-state index is 5.54. The number of nitrogens with zero attached hydrogens (tertiary/aromatic N) is 2. The predicted molar refractivity (Wildman–Crippen MR) is 78.2 cm³/mol. The lowest BCUT2D eigenvalue weighted by Crippen LogP contribution is -2.03. The average Bonchev–Trinajstić information content (AvgIpc) is 3.11. The molecule has 0 spiro atoms. The summed E-state index contributed by atoms with van der Waals surface area (Å²) in [7, 11) is 1.92. The standard InChI is InChI=1S/C16H17N3O/c1-17-8-13-7-16(20-12-13)11-19-10-15(9-18-19)14-5-3-2-4-6-14/h2-7,9-10,12,17H,8,11H2,1H3. The number of aromatic nitrogens is 2. The van der Waals surface area contributed by atoms with E-state index >= 15 is 0 Å². The van der Waals surface area contributed by atoms with Crippen molar-refractivity contribution in [3.63, 3.8) is 0 Å². The fourth-order valence-corrected chi connectivity index (χ4v) is 2.20. The molecule has 0 saturated heterocycles. The highest BCUT2D eigenvalue weighted by atomic mass is 16.3. The second-order valence-electron chi connectivity index (χ2n) is 4.74. The highest BCUT2D eigenvalue weighted by Crippen LogP contribution is 2.18. The van der Waals surface area contributed by atoms with Gasteiger partial charge in [-0.3, -0.25) is 4.68 Å². The summed E-state index contributed by atoms with van der Waals surface area (Å²) in [6, 6.07) is 12.3. The van der Waals surface area contributed by atoms with Crippen LogP contribution in [0.1, 0.15) is 11.3 Å². The van der Waals surface area contributed by atoms with Crippen molar-refractivity contribution in [1.82, 2.24) is 15.1 Å². The number of hydrogen-bond acceptors (Lipinski definition) is 3. The summed E-state index contributed by atoms with van der Waals surface area (Å²) >= 11 is 0. The first-order valence-corrected chi connectivity index (χ1v) is 6.64. The molecular weight excluding hydrogens is 250 g/mol. The van der Waals surface area contributed by atoms with E-state index in [0.717, 1.165) is 23.4 Å². The Kier molecular flexibility index (Phi) is 3.65. The summed E-state index contributed by atoms with van der Waals surface area (Å²) in [5, 5.41) is 7.49. The van der Waals surface area contributed by atoms with Crippen LogP contribution in [0.25, 0.3) is 11.1 Å². The highest BCUT2D eigenvalue weighted by Gasteiger charge is 2.05. The SMILES string of the molecule is CNCc1coc(Cn2cc(-c3ccccc3)cn2)c1. The van der Waals surface area contributed by atoms with Gasteiger partial charge in [-0.15, -0.1) is 0 Å². The molecule has 0 aliphatic rings. The molecular formula is C16H17N3O. The molecule has 4 heteroatoms. The third-order valence-corrected chi connectivity index (χ3v) is 3.15. The molecule has 0 radical (unpaired) electrons. The van der Waals surface area contributed by atoms with Crippen LogP contribution in [-0.4, -0.2) is 16.8 Å². The van der Waals surface area contributed by atoms with Gasteiger partial charge >= 0.3 is 0 Å². The Labute approximate surface area is 118 Å². The quantitative estimate of drug-likeness (QED) is 0.773.